The highest BCUT2D eigenvalue weighted by molar-refractivity contribution is 5.81. The Bertz CT molecular complexity index is 690. The Kier molecular flexibility index (Phi) is 4.25. The third kappa shape index (κ3) is 3.40. The first-order chi connectivity index (χ1) is 12.7. The fraction of sp³-hybridized carbons (Fsp3) is 0.650. The molecule has 0 bridgehead atoms. The number of piperidine rings is 1. The van der Waals surface area contributed by atoms with Gasteiger partial charge in [-0.15, -0.1) is 0 Å². The zero-order valence-corrected chi connectivity index (χ0v) is 15.0. The first-order valence-corrected chi connectivity index (χ1v) is 9.78. The molecular weight excluding hydrogens is 332 g/mol. The van der Waals surface area contributed by atoms with Gasteiger partial charge >= 0.3 is 0 Å². The molecule has 0 radical (unpaired) electrons. The number of ether oxygens (including phenoxy) is 3. The monoisotopic (exact) mass is 358 g/mol. The number of benzene rings is 1. The summed E-state index contributed by atoms with van der Waals surface area (Å²) in [7, 11) is 0. The summed E-state index contributed by atoms with van der Waals surface area (Å²) in [4.78, 5) is 14.7. The van der Waals surface area contributed by atoms with E-state index in [-0.39, 0.29) is 18.1 Å². The summed E-state index contributed by atoms with van der Waals surface area (Å²) in [5.41, 5.74) is 1.23. The van der Waals surface area contributed by atoms with Crippen molar-refractivity contribution >= 4 is 5.91 Å². The molecule has 140 valence electrons. The average Bonchev–Trinajstić information content (AvgIpc) is 3.19. The highest BCUT2D eigenvalue weighted by Crippen LogP contribution is 2.36. The van der Waals surface area contributed by atoms with Crippen LogP contribution in [-0.4, -0.2) is 49.4 Å². The summed E-state index contributed by atoms with van der Waals surface area (Å²) in [6.07, 6.45) is 4.40. The van der Waals surface area contributed by atoms with Crippen molar-refractivity contribution in [2.45, 2.75) is 44.4 Å². The number of likely N-dealkylation sites (tertiary alicyclic amines) is 1. The molecule has 1 N–H and O–H groups in total. The molecule has 26 heavy (non-hydrogen) atoms. The molecule has 2 saturated heterocycles. The maximum absolute atomic E-state index is 12.3. The SMILES string of the molecule is O=C(NCC1CC1)[C@H]1C[C@@H]2CCN(Cc3ccc4c(c3)OCO4)C[C@@H]2O1. The summed E-state index contributed by atoms with van der Waals surface area (Å²) < 4.78 is 17.0. The van der Waals surface area contributed by atoms with Crippen molar-refractivity contribution in [3.05, 3.63) is 23.8 Å². The Morgan fingerprint density at radius 1 is 1.19 bits per heavy atom. The molecule has 0 spiro atoms. The van der Waals surface area contributed by atoms with Gasteiger partial charge in [0.15, 0.2) is 11.5 Å². The summed E-state index contributed by atoms with van der Waals surface area (Å²) in [5.74, 6) is 2.97. The van der Waals surface area contributed by atoms with E-state index in [0.717, 1.165) is 50.5 Å². The van der Waals surface area contributed by atoms with Crippen molar-refractivity contribution in [1.29, 1.82) is 0 Å². The Morgan fingerprint density at radius 3 is 2.96 bits per heavy atom. The number of carbonyl (C=O) groups excluding carboxylic acids is 1. The fourth-order valence-corrected chi connectivity index (χ4v) is 4.29. The van der Waals surface area contributed by atoms with E-state index in [1.54, 1.807) is 0 Å². The van der Waals surface area contributed by atoms with E-state index in [4.69, 9.17) is 14.2 Å². The fourth-order valence-electron chi connectivity index (χ4n) is 4.29. The van der Waals surface area contributed by atoms with Gasteiger partial charge in [-0.2, -0.15) is 0 Å². The third-order valence-corrected chi connectivity index (χ3v) is 6.03. The van der Waals surface area contributed by atoms with Gasteiger partial charge < -0.3 is 19.5 Å². The zero-order valence-electron chi connectivity index (χ0n) is 15.0. The first-order valence-electron chi connectivity index (χ1n) is 9.78. The van der Waals surface area contributed by atoms with E-state index in [1.807, 2.05) is 6.07 Å². The molecule has 4 aliphatic rings. The molecule has 1 saturated carbocycles. The second-order valence-corrected chi connectivity index (χ2v) is 8.06. The van der Waals surface area contributed by atoms with Gasteiger partial charge in [0.25, 0.3) is 0 Å². The van der Waals surface area contributed by atoms with Crippen LogP contribution in [0.25, 0.3) is 0 Å². The molecule has 3 heterocycles. The van der Waals surface area contributed by atoms with E-state index in [2.05, 4.69) is 22.3 Å². The highest BCUT2D eigenvalue weighted by atomic mass is 16.7. The molecular formula is C20H26N2O4. The summed E-state index contributed by atoms with van der Waals surface area (Å²) in [5, 5.41) is 3.07. The predicted octanol–water partition coefficient (Wildman–Crippen LogP) is 1.92. The minimum atomic E-state index is -0.255. The van der Waals surface area contributed by atoms with Gasteiger partial charge in [-0.3, -0.25) is 9.69 Å². The van der Waals surface area contributed by atoms with E-state index in [9.17, 15) is 4.79 Å². The lowest BCUT2D eigenvalue weighted by Gasteiger charge is -2.34. The highest BCUT2D eigenvalue weighted by Gasteiger charge is 2.42. The van der Waals surface area contributed by atoms with Crippen molar-refractivity contribution in [2.75, 3.05) is 26.4 Å². The van der Waals surface area contributed by atoms with Crippen LogP contribution >= 0.6 is 0 Å². The van der Waals surface area contributed by atoms with Gasteiger partial charge in [0.2, 0.25) is 12.7 Å². The first kappa shape index (κ1) is 16.4. The van der Waals surface area contributed by atoms with Crippen molar-refractivity contribution < 1.29 is 19.0 Å². The average molecular weight is 358 g/mol. The van der Waals surface area contributed by atoms with Crippen LogP contribution in [0.15, 0.2) is 18.2 Å². The number of nitrogens with zero attached hydrogens (tertiary/aromatic N) is 1. The quantitative estimate of drug-likeness (QED) is 0.871. The number of hydrogen-bond donors (Lipinski definition) is 1. The molecule has 0 aromatic heterocycles. The van der Waals surface area contributed by atoms with Gasteiger partial charge in [0, 0.05) is 19.6 Å². The van der Waals surface area contributed by atoms with Crippen LogP contribution in [0.5, 0.6) is 11.5 Å². The lowest BCUT2D eigenvalue weighted by atomic mass is 9.91. The lowest BCUT2D eigenvalue weighted by Crippen LogP contribution is -2.42. The zero-order chi connectivity index (χ0) is 17.5. The molecule has 0 unspecified atom stereocenters. The Balaban J connectivity index is 1.15. The van der Waals surface area contributed by atoms with Gasteiger partial charge in [-0.05, 0) is 61.8 Å². The van der Waals surface area contributed by atoms with Gasteiger partial charge in [0.1, 0.15) is 6.10 Å². The molecule has 1 amide bonds. The van der Waals surface area contributed by atoms with Gasteiger partial charge in [0.05, 0.1) is 6.10 Å². The molecule has 1 aromatic rings. The van der Waals surface area contributed by atoms with Crippen molar-refractivity contribution in [3.63, 3.8) is 0 Å². The second-order valence-electron chi connectivity index (χ2n) is 8.06. The summed E-state index contributed by atoms with van der Waals surface area (Å²) >= 11 is 0. The second kappa shape index (κ2) is 6.74. The molecule has 1 aromatic carbocycles. The van der Waals surface area contributed by atoms with Crippen molar-refractivity contribution in [1.82, 2.24) is 10.2 Å². The van der Waals surface area contributed by atoms with Gasteiger partial charge in [-0.25, -0.2) is 0 Å². The van der Waals surface area contributed by atoms with Crippen LogP contribution in [0, 0.1) is 11.8 Å². The number of fused-ring (bicyclic) bond motifs is 2. The smallest absolute Gasteiger partial charge is 0.249 e. The third-order valence-electron chi connectivity index (χ3n) is 6.03. The van der Waals surface area contributed by atoms with Crippen LogP contribution in [0.1, 0.15) is 31.2 Å². The number of amides is 1. The maximum atomic E-state index is 12.3. The minimum Gasteiger partial charge on any atom is -0.454 e. The molecule has 3 atom stereocenters. The molecule has 3 aliphatic heterocycles. The molecule has 5 rings (SSSR count). The number of hydrogen-bond acceptors (Lipinski definition) is 5. The van der Waals surface area contributed by atoms with E-state index < -0.39 is 0 Å². The molecule has 6 heteroatoms. The molecule has 6 nitrogen and oxygen atoms in total. The number of carbonyl (C=O) groups is 1. The Hall–Kier alpha value is -1.79. The molecule has 3 fully saturated rings. The Labute approximate surface area is 153 Å². The van der Waals surface area contributed by atoms with E-state index >= 15 is 0 Å². The van der Waals surface area contributed by atoms with Gasteiger partial charge in [-0.1, -0.05) is 6.07 Å². The largest absolute Gasteiger partial charge is 0.454 e. The summed E-state index contributed by atoms with van der Waals surface area (Å²) in [6, 6.07) is 6.15. The topological polar surface area (TPSA) is 60.0 Å². The van der Waals surface area contributed by atoms with Crippen LogP contribution in [0.3, 0.4) is 0 Å². The van der Waals surface area contributed by atoms with Crippen LogP contribution in [0.4, 0.5) is 0 Å². The van der Waals surface area contributed by atoms with Crippen molar-refractivity contribution in [2.24, 2.45) is 11.8 Å². The van der Waals surface area contributed by atoms with E-state index in [0.29, 0.717) is 18.6 Å². The predicted molar refractivity (Wildman–Crippen MR) is 95.0 cm³/mol. The molecule has 1 aliphatic carbocycles. The van der Waals surface area contributed by atoms with Crippen LogP contribution < -0.4 is 14.8 Å². The van der Waals surface area contributed by atoms with E-state index in [1.165, 1.54) is 18.4 Å². The number of nitrogens with one attached hydrogen (secondary N) is 1. The summed E-state index contributed by atoms with van der Waals surface area (Å²) in [6.45, 7) is 3.96. The Morgan fingerprint density at radius 2 is 2.08 bits per heavy atom. The van der Waals surface area contributed by atoms with Crippen LogP contribution in [-0.2, 0) is 16.1 Å². The standard InChI is InChI=1S/C20H26N2O4/c23-20(21-9-13-1-2-13)18-8-15-5-6-22(11-19(15)26-18)10-14-3-4-16-17(7-14)25-12-24-16/h3-4,7,13,15,18-19H,1-2,5-6,8-12H2,(H,21,23)/t15-,18+,19-/m0/s1. The lowest BCUT2D eigenvalue weighted by molar-refractivity contribution is -0.132. The normalized spacial score (nSPS) is 30.2. The number of rotatable bonds is 5. The maximum Gasteiger partial charge on any atom is 0.249 e. The van der Waals surface area contributed by atoms with Crippen LogP contribution in [0.2, 0.25) is 0 Å². The minimum absolute atomic E-state index is 0.0913. The van der Waals surface area contributed by atoms with Crippen molar-refractivity contribution in [3.8, 4) is 11.5 Å².